The van der Waals surface area contributed by atoms with Crippen molar-refractivity contribution in [1.29, 1.82) is 0 Å². The van der Waals surface area contributed by atoms with E-state index in [1.54, 1.807) is 6.20 Å². The molecule has 0 bridgehead atoms. The summed E-state index contributed by atoms with van der Waals surface area (Å²) in [5.41, 5.74) is 0. The Hall–Kier alpha value is -1.07. The summed E-state index contributed by atoms with van der Waals surface area (Å²) in [6.07, 6.45) is 5.06. The van der Waals surface area contributed by atoms with Gasteiger partial charge in [-0.15, -0.1) is 0 Å². The number of nitrogens with zero attached hydrogens (tertiary/aromatic N) is 2. The van der Waals surface area contributed by atoms with Crippen LogP contribution >= 0.6 is 11.6 Å². The Balaban J connectivity index is 1.89. The molecule has 0 amide bonds. The van der Waals surface area contributed by atoms with Gasteiger partial charge in [-0.05, 0) is 26.2 Å². The summed E-state index contributed by atoms with van der Waals surface area (Å²) in [4.78, 5) is 8.55. The molecule has 1 saturated carbocycles. The zero-order chi connectivity index (χ0) is 13.7. The van der Waals surface area contributed by atoms with Crippen LogP contribution in [-0.2, 0) is 4.74 Å². The average Bonchev–Trinajstić information content (AvgIpc) is 2.37. The number of ether oxygens (including phenoxy) is 1. The Bertz CT molecular complexity index is 410. The lowest BCUT2D eigenvalue weighted by molar-refractivity contribution is 0.00293. The van der Waals surface area contributed by atoms with Crippen molar-refractivity contribution in [3.05, 3.63) is 11.2 Å². The zero-order valence-corrected chi connectivity index (χ0v) is 12.2. The lowest BCUT2D eigenvalue weighted by Crippen LogP contribution is -2.41. The Labute approximate surface area is 119 Å². The van der Waals surface area contributed by atoms with Crippen LogP contribution in [0.5, 0.6) is 0 Å². The first-order chi connectivity index (χ1) is 9.22. The molecule has 0 radical (unpaired) electrons. The van der Waals surface area contributed by atoms with Crippen LogP contribution in [0.25, 0.3) is 0 Å². The van der Waals surface area contributed by atoms with Crippen LogP contribution in [0.2, 0.25) is 5.02 Å². The summed E-state index contributed by atoms with van der Waals surface area (Å²) in [6.45, 7) is 5.76. The summed E-state index contributed by atoms with van der Waals surface area (Å²) in [5, 5.41) is 7.06. The van der Waals surface area contributed by atoms with Gasteiger partial charge in [-0.2, -0.15) is 4.98 Å². The zero-order valence-electron chi connectivity index (χ0n) is 11.4. The molecule has 0 unspecified atom stereocenters. The third-order valence-electron chi connectivity index (χ3n) is 3.12. The van der Waals surface area contributed by atoms with Crippen molar-refractivity contribution in [2.75, 3.05) is 23.8 Å². The van der Waals surface area contributed by atoms with Crippen molar-refractivity contribution in [3.63, 3.8) is 0 Å². The van der Waals surface area contributed by atoms with E-state index < -0.39 is 0 Å². The lowest BCUT2D eigenvalue weighted by atomic mass is 9.89. The molecule has 0 saturated heterocycles. The summed E-state index contributed by atoms with van der Waals surface area (Å²) in [6, 6.07) is 0.392. The molecule has 0 aliphatic heterocycles. The minimum atomic E-state index is 0.376. The molecule has 0 atom stereocenters. The van der Waals surface area contributed by atoms with Gasteiger partial charge in [0.15, 0.2) is 5.82 Å². The van der Waals surface area contributed by atoms with Gasteiger partial charge in [0.05, 0.1) is 12.3 Å². The molecular weight excluding hydrogens is 264 g/mol. The first-order valence-corrected chi connectivity index (χ1v) is 7.25. The number of halogens is 1. The summed E-state index contributed by atoms with van der Waals surface area (Å²) in [7, 11) is 0. The van der Waals surface area contributed by atoms with Crippen LogP contribution in [0.15, 0.2) is 6.20 Å². The molecule has 5 nitrogen and oxygen atoms in total. The van der Waals surface area contributed by atoms with E-state index in [1.807, 2.05) is 6.92 Å². The van der Waals surface area contributed by atoms with Crippen LogP contribution < -0.4 is 10.6 Å². The molecule has 106 valence electrons. The van der Waals surface area contributed by atoms with E-state index in [9.17, 15) is 0 Å². The monoisotopic (exact) mass is 284 g/mol. The molecule has 1 fully saturated rings. The Kier molecular flexibility index (Phi) is 5.22. The number of nitrogens with one attached hydrogen (secondary N) is 2. The first-order valence-electron chi connectivity index (χ1n) is 6.87. The number of rotatable bonds is 7. The SMILES string of the molecule is CCCNc1ncc(Cl)c(NC2CC(OCC)C2)n1. The van der Waals surface area contributed by atoms with Crippen LogP contribution in [-0.4, -0.2) is 35.3 Å². The molecule has 1 aromatic rings. The van der Waals surface area contributed by atoms with Crippen molar-refractivity contribution in [2.45, 2.75) is 45.3 Å². The molecule has 1 aromatic heterocycles. The van der Waals surface area contributed by atoms with Gasteiger partial charge in [-0.25, -0.2) is 4.98 Å². The topological polar surface area (TPSA) is 59.1 Å². The van der Waals surface area contributed by atoms with Crippen molar-refractivity contribution in [3.8, 4) is 0 Å². The maximum atomic E-state index is 6.11. The second kappa shape index (κ2) is 6.91. The Morgan fingerprint density at radius 3 is 2.89 bits per heavy atom. The van der Waals surface area contributed by atoms with Gasteiger partial charge < -0.3 is 15.4 Å². The second-order valence-electron chi connectivity index (χ2n) is 4.71. The van der Waals surface area contributed by atoms with Crippen molar-refractivity contribution in [2.24, 2.45) is 0 Å². The Morgan fingerprint density at radius 1 is 1.42 bits per heavy atom. The smallest absolute Gasteiger partial charge is 0.224 e. The molecule has 2 rings (SSSR count). The predicted octanol–water partition coefficient (Wildman–Crippen LogP) is 2.93. The highest BCUT2D eigenvalue weighted by Crippen LogP contribution is 2.29. The highest BCUT2D eigenvalue weighted by Gasteiger charge is 2.30. The van der Waals surface area contributed by atoms with Gasteiger partial charge in [0.25, 0.3) is 0 Å². The largest absolute Gasteiger partial charge is 0.378 e. The molecule has 19 heavy (non-hydrogen) atoms. The third-order valence-corrected chi connectivity index (χ3v) is 3.39. The normalized spacial score (nSPS) is 21.8. The van der Waals surface area contributed by atoms with Gasteiger partial charge in [0, 0.05) is 19.2 Å². The fourth-order valence-corrected chi connectivity index (χ4v) is 2.18. The van der Waals surface area contributed by atoms with Gasteiger partial charge in [0.1, 0.15) is 5.02 Å². The number of hydrogen-bond acceptors (Lipinski definition) is 5. The second-order valence-corrected chi connectivity index (χ2v) is 5.11. The van der Waals surface area contributed by atoms with E-state index in [0.717, 1.165) is 32.4 Å². The highest BCUT2D eigenvalue weighted by atomic mass is 35.5. The maximum Gasteiger partial charge on any atom is 0.224 e. The maximum absolute atomic E-state index is 6.11. The van der Waals surface area contributed by atoms with E-state index in [0.29, 0.717) is 28.9 Å². The fraction of sp³-hybridized carbons (Fsp3) is 0.692. The van der Waals surface area contributed by atoms with Gasteiger partial charge in [-0.1, -0.05) is 18.5 Å². The Morgan fingerprint density at radius 2 is 2.21 bits per heavy atom. The van der Waals surface area contributed by atoms with Crippen molar-refractivity contribution < 1.29 is 4.74 Å². The van der Waals surface area contributed by atoms with Crippen LogP contribution in [0, 0.1) is 0 Å². The number of aromatic nitrogens is 2. The van der Waals surface area contributed by atoms with Gasteiger partial charge in [-0.3, -0.25) is 0 Å². The van der Waals surface area contributed by atoms with E-state index in [2.05, 4.69) is 27.5 Å². The molecule has 0 spiro atoms. The quantitative estimate of drug-likeness (QED) is 0.806. The highest BCUT2D eigenvalue weighted by molar-refractivity contribution is 6.32. The first kappa shape index (κ1) is 14.3. The fourth-order valence-electron chi connectivity index (χ4n) is 2.04. The van der Waals surface area contributed by atoms with Crippen molar-refractivity contribution in [1.82, 2.24) is 9.97 Å². The number of anilines is 2. The van der Waals surface area contributed by atoms with E-state index in [4.69, 9.17) is 16.3 Å². The van der Waals surface area contributed by atoms with Crippen LogP contribution in [0.4, 0.5) is 11.8 Å². The van der Waals surface area contributed by atoms with E-state index in [1.165, 1.54) is 0 Å². The lowest BCUT2D eigenvalue weighted by Gasteiger charge is -2.35. The third kappa shape index (κ3) is 3.94. The van der Waals surface area contributed by atoms with Gasteiger partial charge >= 0.3 is 0 Å². The minimum absolute atomic E-state index is 0.376. The molecular formula is C13H21ClN4O. The predicted molar refractivity (Wildman–Crippen MR) is 77.9 cm³/mol. The summed E-state index contributed by atoms with van der Waals surface area (Å²) < 4.78 is 5.53. The average molecular weight is 285 g/mol. The molecule has 6 heteroatoms. The molecule has 1 heterocycles. The molecule has 1 aliphatic rings. The molecule has 0 aromatic carbocycles. The minimum Gasteiger partial charge on any atom is -0.378 e. The molecule has 2 N–H and O–H groups in total. The van der Waals surface area contributed by atoms with Gasteiger partial charge in [0.2, 0.25) is 5.95 Å². The van der Waals surface area contributed by atoms with Crippen molar-refractivity contribution >= 4 is 23.4 Å². The number of hydrogen-bond donors (Lipinski definition) is 2. The molecule has 1 aliphatic carbocycles. The summed E-state index contributed by atoms with van der Waals surface area (Å²) in [5.74, 6) is 1.32. The van der Waals surface area contributed by atoms with Crippen LogP contribution in [0.1, 0.15) is 33.1 Å². The van der Waals surface area contributed by atoms with E-state index in [-0.39, 0.29) is 0 Å². The standard InChI is InChI=1S/C13H21ClN4O/c1-3-5-15-13-16-8-11(14)12(18-13)17-9-6-10(7-9)19-4-2/h8-10H,3-7H2,1-2H3,(H2,15,16,17,18). The van der Waals surface area contributed by atoms with E-state index >= 15 is 0 Å². The summed E-state index contributed by atoms with van der Waals surface area (Å²) >= 11 is 6.11. The van der Waals surface area contributed by atoms with Crippen LogP contribution in [0.3, 0.4) is 0 Å².